The average molecular weight is 567 g/mol. The molecule has 9 heteroatoms. The van der Waals surface area contributed by atoms with E-state index in [1.54, 1.807) is 12.1 Å². The second-order valence-corrected chi connectivity index (χ2v) is 10.9. The lowest BCUT2D eigenvalue weighted by molar-refractivity contribution is 0.108. The van der Waals surface area contributed by atoms with Crippen molar-refractivity contribution in [1.29, 1.82) is 0 Å². The molecule has 0 radical (unpaired) electrons. The number of hydrogen-bond donors (Lipinski definition) is 1. The molecule has 210 valence electrons. The molecule has 0 aliphatic carbocycles. The molecule has 2 aliphatic rings. The number of ether oxygens (including phenoxy) is 1. The zero-order chi connectivity index (χ0) is 29.0. The van der Waals surface area contributed by atoms with Crippen molar-refractivity contribution in [2.45, 2.75) is 31.2 Å². The van der Waals surface area contributed by atoms with Crippen molar-refractivity contribution in [1.82, 2.24) is 19.9 Å². The fourth-order valence-corrected chi connectivity index (χ4v) is 6.56. The third kappa shape index (κ3) is 4.22. The van der Waals surface area contributed by atoms with E-state index in [9.17, 15) is 13.9 Å². The Morgan fingerprint density at radius 2 is 1.81 bits per heavy atom. The Morgan fingerprint density at radius 3 is 2.57 bits per heavy atom. The molecule has 0 bridgehead atoms. The van der Waals surface area contributed by atoms with Crippen LogP contribution >= 0.6 is 0 Å². The topological polar surface area (TPSA) is 71.4 Å². The summed E-state index contributed by atoms with van der Waals surface area (Å²) in [6.45, 7) is 2.37. The fraction of sp³-hybridized carbons (Fsp3) is 0.242. The fourth-order valence-electron chi connectivity index (χ4n) is 6.56. The summed E-state index contributed by atoms with van der Waals surface area (Å²) in [6.07, 6.45) is 11.2. The molecule has 1 N–H and O–H groups in total. The lowest BCUT2D eigenvalue weighted by Gasteiger charge is -2.31. The highest BCUT2D eigenvalue weighted by Gasteiger charge is 2.45. The van der Waals surface area contributed by atoms with Gasteiger partial charge in [-0.15, -0.1) is 6.42 Å². The highest BCUT2D eigenvalue weighted by Crippen LogP contribution is 2.41. The molecule has 7 rings (SSSR count). The van der Waals surface area contributed by atoms with Crippen molar-refractivity contribution in [3.8, 4) is 46.6 Å². The molecule has 42 heavy (non-hydrogen) atoms. The van der Waals surface area contributed by atoms with Gasteiger partial charge in [-0.1, -0.05) is 24.1 Å². The zero-order valence-electron chi connectivity index (χ0n) is 22.5. The highest BCUT2D eigenvalue weighted by atomic mass is 19.1. The lowest BCUT2D eigenvalue weighted by atomic mass is 9.95. The smallest absolute Gasteiger partial charge is 0.317 e. The van der Waals surface area contributed by atoms with E-state index in [0.29, 0.717) is 17.6 Å². The van der Waals surface area contributed by atoms with E-state index in [2.05, 4.69) is 25.8 Å². The Labute approximate surface area is 239 Å². The minimum Gasteiger partial charge on any atom is -0.508 e. The summed E-state index contributed by atoms with van der Waals surface area (Å²) in [5, 5.41) is 11.3. The minimum absolute atomic E-state index is 0.0398. The van der Waals surface area contributed by atoms with Gasteiger partial charge in [-0.25, -0.2) is 13.2 Å². The van der Waals surface area contributed by atoms with Crippen molar-refractivity contribution in [2.75, 3.05) is 19.7 Å². The first kappa shape index (κ1) is 26.2. The highest BCUT2D eigenvalue weighted by molar-refractivity contribution is 6.03. The molecule has 4 heterocycles. The quantitative estimate of drug-likeness (QED) is 0.241. The maximum atomic E-state index is 16.5. The molecule has 0 amide bonds. The third-order valence-electron chi connectivity index (χ3n) is 8.49. The van der Waals surface area contributed by atoms with Gasteiger partial charge in [0.15, 0.2) is 5.82 Å². The number of halogens is 3. The molecule has 0 unspecified atom stereocenters. The van der Waals surface area contributed by atoms with Gasteiger partial charge in [0, 0.05) is 28.1 Å². The maximum Gasteiger partial charge on any atom is 0.317 e. The molecule has 5 aromatic rings. The van der Waals surface area contributed by atoms with Gasteiger partial charge in [0.25, 0.3) is 0 Å². The molecule has 3 aromatic carbocycles. The number of aromatic nitrogens is 3. The van der Waals surface area contributed by atoms with E-state index in [4.69, 9.17) is 11.2 Å². The molecular formula is C33H25F3N4O2. The summed E-state index contributed by atoms with van der Waals surface area (Å²) in [4.78, 5) is 15.9. The number of pyridine rings is 1. The number of aromatic hydroxyl groups is 1. The number of phenolic OH excluding ortho intramolecular Hbond substituents is 1. The number of fused-ring (bicyclic) bond motifs is 3. The largest absolute Gasteiger partial charge is 0.508 e. The summed E-state index contributed by atoms with van der Waals surface area (Å²) in [6, 6.07) is 11.1. The monoisotopic (exact) mass is 566 g/mol. The van der Waals surface area contributed by atoms with Gasteiger partial charge in [0.1, 0.15) is 35.2 Å². The van der Waals surface area contributed by atoms with Crippen LogP contribution < -0.4 is 4.74 Å². The SMILES string of the molecule is C#Cc1c(F)ccc2cc(O)cc(-c3ncc4c(-c5cccc(F)c5)nc(OCC56CCCN5CCC6)nc4c3F)c12. The van der Waals surface area contributed by atoms with Crippen LogP contribution in [0.3, 0.4) is 0 Å². The molecule has 0 spiro atoms. The summed E-state index contributed by atoms with van der Waals surface area (Å²) in [5.74, 6) is 0.200. The summed E-state index contributed by atoms with van der Waals surface area (Å²) in [7, 11) is 0. The number of phenols is 1. The van der Waals surface area contributed by atoms with E-state index >= 15 is 4.39 Å². The number of hydrogen-bond acceptors (Lipinski definition) is 6. The molecule has 2 aromatic heterocycles. The Morgan fingerprint density at radius 1 is 1.00 bits per heavy atom. The lowest BCUT2D eigenvalue weighted by Crippen LogP contribution is -2.43. The first-order chi connectivity index (χ1) is 20.4. The molecule has 2 fully saturated rings. The maximum absolute atomic E-state index is 16.5. The Hall–Kier alpha value is -4.68. The van der Waals surface area contributed by atoms with Crippen LogP contribution in [0.2, 0.25) is 0 Å². The van der Waals surface area contributed by atoms with Gasteiger partial charge in [0.05, 0.1) is 16.8 Å². The Bertz CT molecular complexity index is 1930. The molecule has 0 atom stereocenters. The van der Waals surface area contributed by atoms with Gasteiger partial charge < -0.3 is 9.84 Å². The molecule has 2 aliphatic heterocycles. The number of rotatable bonds is 5. The normalized spacial score (nSPS) is 16.1. The Kier molecular flexibility index (Phi) is 6.24. The van der Waals surface area contributed by atoms with Crippen LogP contribution in [-0.4, -0.2) is 50.2 Å². The third-order valence-corrected chi connectivity index (χ3v) is 8.49. The Balaban J connectivity index is 1.43. The van der Waals surface area contributed by atoms with Gasteiger partial charge >= 0.3 is 6.01 Å². The molecular weight excluding hydrogens is 541 g/mol. The van der Waals surface area contributed by atoms with Gasteiger partial charge in [-0.3, -0.25) is 9.88 Å². The number of terminal acetylenes is 1. The van der Waals surface area contributed by atoms with E-state index in [1.807, 2.05) is 0 Å². The van der Waals surface area contributed by atoms with Crippen LogP contribution in [0.15, 0.2) is 54.7 Å². The van der Waals surface area contributed by atoms with Crippen LogP contribution in [0.4, 0.5) is 13.2 Å². The van der Waals surface area contributed by atoms with Crippen LogP contribution in [0.1, 0.15) is 31.2 Å². The van der Waals surface area contributed by atoms with Gasteiger partial charge in [0.2, 0.25) is 0 Å². The predicted octanol–water partition coefficient (Wildman–Crippen LogP) is 6.62. The standard InChI is InChI=1S/C33H25F3N4O2/c1-2-23-26(35)9-8-19-15-22(41)16-24(27(19)23)30-28(36)31-25(17-37-30)29(20-6-3-7-21(34)14-20)38-32(39-31)42-18-33-10-4-12-40(33)13-5-11-33/h1,3,6-9,14-17,41H,4-5,10-13,18H2. The van der Waals surface area contributed by atoms with E-state index in [1.165, 1.54) is 42.6 Å². The summed E-state index contributed by atoms with van der Waals surface area (Å²) >= 11 is 0. The van der Waals surface area contributed by atoms with Crippen molar-refractivity contribution in [3.05, 3.63) is 77.7 Å². The van der Waals surface area contributed by atoms with Crippen LogP contribution in [0.25, 0.3) is 44.2 Å². The van der Waals surface area contributed by atoms with E-state index < -0.39 is 17.5 Å². The van der Waals surface area contributed by atoms with Crippen molar-refractivity contribution in [2.24, 2.45) is 0 Å². The zero-order valence-corrected chi connectivity index (χ0v) is 22.5. The molecule has 2 saturated heterocycles. The molecule has 6 nitrogen and oxygen atoms in total. The second kappa shape index (κ2) is 10.00. The van der Waals surface area contributed by atoms with Crippen molar-refractivity contribution in [3.63, 3.8) is 0 Å². The van der Waals surface area contributed by atoms with Crippen molar-refractivity contribution >= 4 is 21.7 Å². The van der Waals surface area contributed by atoms with Crippen LogP contribution in [0, 0.1) is 29.8 Å². The first-order valence-corrected chi connectivity index (χ1v) is 13.8. The molecule has 0 saturated carbocycles. The predicted molar refractivity (Wildman–Crippen MR) is 153 cm³/mol. The minimum atomic E-state index is -0.835. The number of benzene rings is 3. The van der Waals surface area contributed by atoms with Gasteiger partial charge in [-0.05, 0) is 74.5 Å². The summed E-state index contributed by atoms with van der Waals surface area (Å²) < 4.78 is 51.7. The second-order valence-electron chi connectivity index (χ2n) is 10.9. The summed E-state index contributed by atoms with van der Waals surface area (Å²) in [5.41, 5.74) is 0.306. The number of nitrogens with zero attached hydrogens (tertiary/aromatic N) is 4. The first-order valence-electron chi connectivity index (χ1n) is 13.8. The van der Waals surface area contributed by atoms with Crippen LogP contribution in [0.5, 0.6) is 11.8 Å². The van der Waals surface area contributed by atoms with E-state index in [0.717, 1.165) is 38.8 Å². The average Bonchev–Trinajstić information content (AvgIpc) is 3.57. The van der Waals surface area contributed by atoms with Gasteiger partial charge in [-0.2, -0.15) is 9.97 Å². The van der Waals surface area contributed by atoms with E-state index in [-0.39, 0.29) is 56.1 Å². The van der Waals surface area contributed by atoms with Crippen molar-refractivity contribution < 1.29 is 23.0 Å². The van der Waals surface area contributed by atoms with Crippen LogP contribution in [-0.2, 0) is 0 Å².